The second-order valence-electron chi connectivity index (χ2n) is 4.54. The number of carbonyl (C=O) groups is 1. The van der Waals surface area contributed by atoms with E-state index in [-0.39, 0.29) is 17.8 Å². The highest BCUT2D eigenvalue weighted by Crippen LogP contribution is 2.36. The molecule has 0 aliphatic carbocycles. The number of ether oxygens (including phenoxy) is 1. The molecule has 1 fully saturated rings. The minimum Gasteiger partial charge on any atom is -0.478 e. The molecule has 1 amide bonds. The molecule has 0 radical (unpaired) electrons. The molecule has 1 heterocycles. The summed E-state index contributed by atoms with van der Waals surface area (Å²) in [6.45, 7) is 2.58. The molecule has 1 aliphatic heterocycles. The van der Waals surface area contributed by atoms with Crippen molar-refractivity contribution in [1.82, 2.24) is 4.90 Å². The van der Waals surface area contributed by atoms with Crippen LogP contribution in [0.2, 0.25) is 10.0 Å². The second kappa shape index (κ2) is 7.56. The number of rotatable bonds is 5. The van der Waals surface area contributed by atoms with E-state index in [1.54, 1.807) is 17.0 Å². The minimum atomic E-state index is -0.239. The van der Waals surface area contributed by atoms with Crippen LogP contribution in [0.1, 0.15) is 12.5 Å². The van der Waals surface area contributed by atoms with Crippen molar-refractivity contribution in [3.05, 3.63) is 27.7 Å². The van der Waals surface area contributed by atoms with Crippen LogP contribution in [0.5, 0.6) is 5.75 Å². The van der Waals surface area contributed by atoms with Crippen molar-refractivity contribution in [2.24, 2.45) is 0 Å². The number of terminal acetylenes is 1. The molecule has 2 rings (SSSR count). The fourth-order valence-corrected chi connectivity index (χ4v) is 4.41. The fraction of sp³-hybridized carbons (Fsp3) is 0.333. The average molecular weight is 374 g/mol. The van der Waals surface area contributed by atoms with Crippen LogP contribution >= 0.6 is 47.2 Å². The lowest BCUT2D eigenvalue weighted by atomic mass is 10.1. The first-order valence-corrected chi connectivity index (χ1v) is 8.58. The SMILES string of the molecule is C#CCOc1c(Cl)cc(C[C@H]2SC(=S)N(CC)C2=O)cc1Cl. The molecule has 1 aromatic rings. The molecule has 22 heavy (non-hydrogen) atoms. The van der Waals surface area contributed by atoms with Crippen LogP contribution in [-0.2, 0) is 11.2 Å². The van der Waals surface area contributed by atoms with Gasteiger partial charge in [-0.3, -0.25) is 9.69 Å². The van der Waals surface area contributed by atoms with E-state index in [4.69, 9.17) is 46.6 Å². The smallest absolute Gasteiger partial charge is 0.241 e. The van der Waals surface area contributed by atoms with Crippen LogP contribution < -0.4 is 4.74 Å². The van der Waals surface area contributed by atoms with Crippen LogP contribution in [0.3, 0.4) is 0 Å². The van der Waals surface area contributed by atoms with Gasteiger partial charge in [-0.2, -0.15) is 0 Å². The van der Waals surface area contributed by atoms with Crippen molar-refractivity contribution in [3.8, 4) is 18.1 Å². The Kier molecular flexibility index (Phi) is 5.99. The van der Waals surface area contributed by atoms with Crippen molar-refractivity contribution < 1.29 is 9.53 Å². The largest absolute Gasteiger partial charge is 0.478 e. The minimum absolute atomic E-state index is 0.0254. The zero-order valence-electron chi connectivity index (χ0n) is 11.8. The molecule has 0 aromatic heterocycles. The Balaban J connectivity index is 2.16. The lowest BCUT2D eigenvalue weighted by Crippen LogP contribution is -2.31. The summed E-state index contributed by atoms with van der Waals surface area (Å²) in [5, 5.41) is 0.517. The standard InChI is InChI=1S/C15H13Cl2NO2S2/c1-3-5-20-13-10(16)6-9(7-11(13)17)8-12-14(19)18(4-2)15(21)22-12/h1,6-7,12H,4-5,8H2,2H3/t12-/m1/s1. The Bertz CT molecular complexity index is 634. The topological polar surface area (TPSA) is 29.5 Å². The summed E-state index contributed by atoms with van der Waals surface area (Å²) in [5.41, 5.74) is 0.856. The molecule has 0 bridgehead atoms. The molecule has 116 valence electrons. The summed E-state index contributed by atoms with van der Waals surface area (Å²) in [7, 11) is 0. The number of hydrogen-bond donors (Lipinski definition) is 0. The molecule has 0 unspecified atom stereocenters. The quantitative estimate of drug-likeness (QED) is 0.579. The van der Waals surface area contributed by atoms with E-state index in [1.807, 2.05) is 6.92 Å². The number of carbonyl (C=O) groups excluding carboxylic acids is 1. The average Bonchev–Trinajstić information content (AvgIpc) is 2.72. The van der Waals surface area contributed by atoms with Crippen molar-refractivity contribution in [1.29, 1.82) is 0 Å². The Hall–Kier alpha value is -0.930. The van der Waals surface area contributed by atoms with Crippen LogP contribution in [0.25, 0.3) is 0 Å². The van der Waals surface area contributed by atoms with Gasteiger partial charge in [0.2, 0.25) is 5.91 Å². The van der Waals surface area contributed by atoms with E-state index in [0.717, 1.165) is 5.56 Å². The number of hydrogen-bond acceptors (Lipinski definition) is 4. The Morgan fingerprint density at radius 1 is 1.45 bits per heavy atom. The summed E-state index contributed by atoms with van der Waals surface area (Å²) < 4.78 is 5.93. The Morgan fingerprint density at radius 3 is 2.59 bits per heavy atom. The summed E-state index contributed by atoms with van der Waals surface area (Å²) in [4.78, 5) is 13.8. The first-order valence-electron chi connectivity index (χ1n) is 6.54. The molecular weight excluding hydrogens is 361 g/mol. The number of benzene rings is 1. The maximum absolute atomic E-state index is 12.2. The van der Waals surface area contributed by atoms with Gasteiger partial charge in [-0.25, -0.2) is 0 Å². The maximum Gasteiger partial charge on any atom is 0.241 e. The van der Waals surface area contributed by atoms with E-state index >= 15 is 0 Å². The Morgan fingerprint density at radius 2 is 2.09 bits per heavy atom. The van der Waals surface area contributed by atoms with Crippen molar-refractivity contribution in [3.63, 3.8) is 0 Å². The second-order valence-corrected chi connectivity index (χ2v) is 7.19. The zero-order chi connectivity index (χ0) is 16.3. The third kappa shape index (κ3) is 3.69. The van der Waals surface area contributed by atoms with Crippen molar-refractivity contribution in [2.75, 3.05) is 13.2 Å². The molecule has 1 atom stereocenters. The van der Waals surface area contributed by atoms with E-state index < -0.39 is 0 Å². The molecule has 0 saturated carbocycles. The Labute approximate surface area is 149 Å². The van der Waals surface area contributed by atoms with Crippen molar-refractivity contribution in [2.45, 2.75) is 18.6 Å². The van der Waals surface area contributed by atoms with Crippen LogP contribution in [0.15, 0.2) is 12.1 Å². The lowest BCUT2D eigenvalue weighted by molar-refractivity contribution is -0.125. The number of halogens is 2. The third-order valence-corrected chi connectivity index (χ3v) is 5.25. The lowest BCUT2D eigenvalue weighted by Gasteiger charge is -2.13. The third-order valence-electron chi connectivity index (χ3n) is 3.10. The molecule has 0 N–H and O–H groups in total. The molecule has 0 spiro atoms. The van der Waals surface area contributed by atoms with Gasteiger partial charge in [-0.05, 0) is 31.0 Å². The summed E-state index contributed by atoms with van der Waals surface area (Å²) >= 11 is 18.9. The highest BCUT2D eigenvalue weighted by Gasteiger charge is 2.35. The first-order chi connectivity index (χ1) is 10.5. The maximum atomic E-state index is 12.2. The van der Waals surface area contributed by atoms with Gasteiger partial charge >= 0.3 is 0 Å². The van der Waals surface area contributed by atoms with Gasteiger partial charge in [0.15, 0.2) is 5.75 Å². The highest BCUT2D eigenvalue weighted by molar-refractivity contribution is 8.24. The molecule has 3 nitrogen and oxygen atoms in total. The van der Waals surface area contributed by atoms with Gasteiger partial charge in [0.05, 0.1) is 15.3 Å². The summed E-state index contributed by atoms with van der Waals surface area (Å²) in [6.07, 6.45) is 5.66. The summed E-state index contributed by atoms with van der Waals surface area (Å²) in [6, 6.07) is 3.48. The van der Waals surface area contributed by atoms with Gasteiger partial charge in [0.1, 0.15) is 10.9 Å². The van der Waals surface area contributed by atoms with Gasteiger partial charge in [-0.15, -0.1) is 6.42 Å². The molecule has 1 aliphatic rings. The van der Waals surface area contributed by atoms with Crippen LogP contribution in [0, 0.1) is 12.3 Å². The van der Waals surface area contributed by atoms with E-state index in [0.29, 0.717) is 33.1 Å². The highest BCUT2D eigenvalue weighted by atomic mass is 35.5. The molecule has 1 aromatic carbocycles. The van der Waals surface area contributed by atoms with E-state index in [1.165, 1.54) is 11.8 Å². The molecular formula is C15H13Cl2NO2S2. The number of thiocarbonyl (C=S) groups is 1. The fourth-order valence-electron chi connectivity index (χ4n) is 2.11. The number of amides is 1. The van der Waals surface area contributed by atoms with Gasteiger partial charge < -0.3 is 4.74 Å². The predicted molar refractivity (Wildman–Crippen MR) is 95.9 cm³/mol. The predicted octanol–water partition coefficient (Wildman–Crippen LogP) is 3.80. The summed E-state index contributed by atoms with van der Waals surface area (Å²) in [5.74, 6) is 2.75. The van der Waals surface area contributed by atoms with Gasteiger partial charge in [-0.1, -0.05) is 53.1 Å². The monoisotopic (exact) mass is 373 g/mol. The molecule has 1 saturated heterocycles. The normalized spacial score (nSPS) is 17.7. The van der Waals surface area contributed by atoms with Gasteiger partial charge in [0.25, 0.3) is 0 Å². The zero-order valence-corrected chi connectivity index (χ0v) is 14.9. The number of nitrogens with zero attached hydrogens (tertiary/aromatic N) is 1. The van der Waals surface area contributed by atoms with Crippen molar-refractivity contribution >= 4 is 57.4 Å². The van der Waals surface area contributed by atoms with Gasteiger partial charge in [0, 0.05) is 6.54 Å². The van der Waals surface area contributed by atoms with E-state index in [2.05, 4.69) is 5.92 Å². The number of thioether (sulfide) groups is 1. The first kappa shape index (κ1) is 17.4. The van der Waals surface area contributed by atoms with Crippen LogP contribution in [0.4, 0.5) is 0 Å². The van der Waals surface area contributed by atoms with E-state index in [9.17, 15) is 4.79 Å². The molecule has 7 heteroatoms. The van der Waals surface area contributed by atoms with Crippen LogP contribution in [-0.4, -0.2) is 33.5 Å².